The summed E-state index contributed by atoms with van der Waals surface area (Å²) in [4.78, 5) is 23.4. The number of amides is 2. The molecule has 2 amide bonds. The molecule has 0 heterocycles. The van der Waals surface area contributed by atoms with E-state index in [2.05, 4.69) is 21.2 Å². The molecule has 2 N–H and O–H groups in total. The molecule has 2 aromatic rings. The fraction of sp³-hybridized carbons (Fsp3) is 0. The lowest BCUT2D eigenvalue weighted by molar-refractivity contribution is -0.133. The summed E-state index contributed by atoms with van der Waals surface area (Å²) in [5.41, 5.74) is -0.0142. The van der Waals surface area contributed by atoms with E-state index < -0.39 is 29.1 Å². The van der Waals surface area contributed by atoms with Gasteiger partial charge in [0.05, 0.1) is 11.4 Å². The van der Waals surface area contributed by atoms with Crippen LogP contribution in [0.5, 0.6) is 0 Å². The van der Waals surface area contributed by atoms with Crippen LogP contribution in [0.25, 0.3) is 0 Å². The van der Waals surface area contributed by atoms with E-state index in [4.69, 9.17) is 0 Å². The van der Waals surface area contributed by atoms with Crippen LogP contribution in [0.1, 0.15) is 0 Å². The smallest absolute Gasteiger partial charge is 0.314 e. The summed E-state index contributed by atoms with van der Waals surface area (Å²) in [6.07, 6.45) is 0. The quantitative estimate of drug-likeness (QED) is 0.813. The molecular formula is C14H9BrF2N2O2. The van der Waals surface area contributed by atoms with E-state index in [1.807, 2.05) is 5.32 Å². The average molecular weight is 355 g/mol. The van der Waals surface area contributed by atoms with Gasteiger partial charge in [0.25, 0.3) is 0 Å². The lowest BCUT2D eigenvalue weighted by Gasteiger charge is -2.08. The number of hydrogen-bond acceptors (Lipinski definition) is 2. The Balaban J connectivity index is 2.08. The number of rotatable bonds is 2. The highest BCUT2D eigenvalue weighted by atomic mass is 79.9. The molecule has 0 aliphatic heterocycles. The van der Waals surface area contributed by atoms with Crippen LogP contribution in [0.2, 0.25) is 0 Å². The van der Waals surface area contributed by atoms with Crippen molar-refractivity contribution >= 4 is 39.1 Å². The summed E-state index contributed by atoms with van der Waals surface area (Å²) in [5.74, 6) is -3.66. The minimum Gasteiger partial charge on any atom is -0.317 e. The van der Waals surface area contributed by atoms with E-state index in [0.717, 1.165) is 18.2 Å². The fourth-order valence-electron chi connectivity index (χ4n) is 1.51. The monoisotopic (exact) mass is 354 g/mol. The molecule has 108 valence electrons. The summed E-state index contributed by atoms with van der Waals surface area (Å²) in [5, 5.41) is 4.36. The van der Waals surface area contributed by atoms with Crippen LogP contribution in [-0.2, 0) is 9.59 Å². The Morgan fingerprint density at radius 1 is 0.905 bits per heavy atom. The van der Waals surface area contributed by atoms with Crippen LogP contribution >= 0.6 is 15.9 Å². The molecule has 0 saturated heterocycles. The molecule has 0 aliphatic carbocycles. The summed E-state index contributed by atoms with van der Waals surface area (Å²) < 4.78 is 26.9. The molecule has 0 unspecified atom stereocenters. The molecule has 0 aliphatic rings. The Morgan fingerprint density at radius 2 is 1.52 bits per heavy atom. The third kappa shape index (κ3) is 3.85. The molecule has 4 nitrogen and oxygen atoms in total. The number of hydrogen-bond donors (Lipinski definition) is 2. The van der Waals surface area contributed by atoms with Gasteiger partial charge in [-0.2, -0.15) is 0 Å². The number of nitrogens with one attached hydrogen (secondary N) is 2. The average Bonchev–Trinajstić information content (AvgIpc) is 2.45. The van der Waals surface area contributed by atoms with Gasteiger partial charge in [0.2, 0.25) is 0 Å². The highest BCUT2D eigenvalue weighted by molar-refractivity contribution is 9.10. The Kier molecular flexibility index (Phi) is 4.64. The molecule has 0 aromatic heterocycles. The van der Waals surface area contributed by atoms with Crippen molar-refractivity contribution in [2.24, 2.45) is 0 Å². The zero-order valence-electron chi connectivity index (χ0n) is 10.5. The SMILES string of the molecule is O=C(Nc1cc(F)ccc1F)C(=O)Nc1ccccc1Br. The van der Waals surface area contributed by atoms with Gasteiger partial charge < -0.3 is 10.6 Å². The minimum atomic E-state index is -1.10. The lowest BCUT2D eigenvalue weighted by atomic mass is 10.3. The molecule has 2 rings (SSSR count). The zero-order valence-corrected chi connectivity index (χ0v) is 12.1. The maximum atomic E-state index is 13.4. The van der Waals surface area contributed by atoms with Gasteiger partial charge in [-0.1, -0.05) is 12.1 Å². The van der Waals surface area contributed by atoms with Gasteiger partial charge in [-0.25, -0.2) is 8.78 Å². The van der Waals surface area contributed by atoms with Crippen LogP contribution in [0, 0.1) is 11.6 Å². The van der Waals surface area contributed by atoms with Gasteiger partial charge in [-0.15, -0.1) is 0 Å². The second kappa shape index (κ2) is 6.45. The van der Waals surface area contributed by atoms with Gasteiger partial charge >= 0.3 is 11.8 Å². The maximum Gasteiger partial charge on any atom is 0.314 e. The molecule has 2 aromatic carbocycles. The predicted octanol–water partition coefficient (Wildman–Crippen LogP) is 3.30. The first kappa shape index (κ1) is 15.1. The third-order valence-electron chi connectivity index (χ3n) is 2.50. The second-order valence-electron chi connectivity index (χ2n) is 4.01. The van der Waals surface area contributed by atoms with E-state index in [1.165, 1.54) is 0 Å². The minimum absolute atomic E-state index is 0.386. The van der Waals surface area contributed by atoms with Gasteiger partial charge in [-0.05, 0) is 40.2 Å². The molecule has 7 heteroatoms. The Morgan fingerprint density at radius 3 is 2.19 bits per heavy atom. The van der Waals surface area contributed by atoms with E-state index >= 15 is 0 Å². The zero-order chi connectivity index (χ0) is 15.4. The highest BCUT2D eigenvalue weighted by Gasteiger charge is 2.17. The summed E-state index contributed by atoms with van der Waals surface area (Å²) in [6.45, 7) is 0. The van der Waals surface area contributed by atoms with E-state index in [0.29, 0.717) is 10.2 Å². The highest BCUT2D eigenvalue weighted by Crippen LogP contribution is 2.21. The maximum absolute atomic E-state index is 13.4. The summed E-state index contributed by atoms with van der Waals surface area (Å²) in [7, 11) is 0. The lowest BCUT2D eigenvalue weighted by Crippen LogP contribution is -2.29. The number of halogens is 3. The number of anilines is 2. The standard InChI is InChI=1S/C14H9BrF2N2O2/c15-9-3-1-2-4-11(9)18-13(20)14(21)19-12-7-8(16)5-6-10(12)17/h1-7H,(H,18,20)(H,19,21). The van der Waals surface area contributed by atoms with Gasteiger partial charge in [0.1, 0.15) is 11.6 Å². The molecule has 21 heavy (non-hydrogen) atoms. The molecule has 0 spiro atoms. The van der Waals surface area contributed by atoms with Crippen molar-refractivity contribution in [2.75, 3.05) is 10.6 Å². The van der Waals surface area contributed by atoms with Crippen LogP contribution in [-0.4, -0.2) is 11.8 Å². The van der Waals surface area contributed by atoms with Crippen LogP contribution < -0.4 is 10.6 Å². The third-order valence-corrected chi connectivity index (χ3v) is 3.20. The van der Waals surface area contributed by atoms with Crippen molar-refractivity contribution < 1.29 is 18.4 Å². The Hall–Kier alpha value is -2.28. The fourth-order valence-corrected chi connectivity index (χ4v) is 1.90. The molecule has 0 radical (unpaired) electrons. The Labute approximate surface area is 127 Å². The normalized spacial score (nSPS) is 10.0. The molecule has 0 atom stereocenters. The largest absolute Gasteiger partial charge is 0.317 e. The first-order chi connectivity index (χ1) is 9.97. The van der Waals surface area contributed by atoms with Crippen molar-refractivity contribution in [3.8, 4) is 0 Å². The van der Waals surface area contributed by atoms with E-state index in [1.54, 1.807) is 24.3 Å². The number of benzene rings is 2. The predicted molar refractivity (Wildman–Crippen MR) is 77.8 cm³/mol. The molecule has 0 fully saturated rings. The van der Waals surface area contributed by atoms with Gasteiger partial charge in [0, 0.05) is 10.5 Å². The second-order valence-corrected chi connectivity index (χ2v) is 4.87. The first-order valence-electron chi connectivity index (χ1n) is 5.79. The van der Waals surface area contributed by atoms with Crippen LogP contribution in [0.3, 0.4) is 0 Å². The Bertz CT molecular complexity index is 707. The molecule has 0 saturated carbocycles. The van der Waals surface area contributed by atoms with Crippen molar-refractivity contribution in [2.45, 2.75) is 0 Å². The van der Waals surface area contributed by atoms with E-state index in [-0.39, 0.29) is 0 Å². The first-order valence-corrected chi connectivity index (χ1v) is 6.58. The van der Waals surface area contributed by atoms with Crippen molar-refractivity contribution in [3.05, 3.63) is 58.6 Å². The number of carbonyl (C=O) groups is 2. The summed E-state index contributed by atoms with van der Waals surface area (Å²) >= 11 is 3.21. The van der Waals surface area contributed by atoms with Crippen molar-refractivity contribution in [1.82, 2.24) is 0 Å². The number of carbonyl (C=O) groups excluding carboxylic acids is 2. The summed E-state index contributed by atoms with van der Waals surface area (Å²) in [6, 6.07) is 9.23. The molecule has 0 bridgehead atoms. The topological polar surface area (TPSA) is 58.2 Å². The van der Waals surface area contributed by atoms with E-state index in [9.17, 15) is 18.4 Å². The van der Waals surface area contributed by atoms with Gasteiger partial charge in [0.15, 0.2) is 0 Å². The number of para-hydroxylation sites is 1. The van der Waals surface area contributed by atoms with Crippen molar-refractivity contribution in [1.29, 1.82) is 0 Å². The van der Waals surface area contributed by atoms with Crippen molar-refractivity contribution in [3.63, 3.8) is 0 Å². The van der Waals surface area contributed by atoms with Crippen LogP contribution in [0.15, 0.2) is 46.9 Å². The van der Waals surface area contributed by atoms with Gasteiger partial charge in [-0.3, -0.25) is 9.59 Å². The van der Waals surface area contributed by atoms with Crippen LogP contribution in [0.4, 0.5) is 20.2 Å². The molecular weight excluding hydrogens is 346 g/mol.